The number of rotatable bonds is 3. The van der Waals surface area contributed by atoms with E-state index in [9.17, 15) is 14.0 Å². The zero-order chi connectivity index (χ0) is 13.0. The van der Waals surface area contributed by atoms with Crippen LogP contribution in [0.25, 0.3) is 0 Å². The van der Waals surface area contributed by atoms with E-state index in [0.717, 1.165) is 11.0 Å². The fourth-order valence-electron chi connectivity index (χ4n) is 1.18. The summed E-state index contributed by atoms with van der Waals surface area (Å²) in [6.07, 6.45) is 0. The fourth-order valence-corrected chi connectivity index (χ4v) is 1.43. The predicted molar refractivity (Wildman–Crippen MR) is 63.1 cm³/mol. The minimum Gasteiger partial charge on any atom is -0.468 e. The standard InChI is InChI=1S/C11H11BrFNO3/c1-14(6-10(15)17-2)11(16)7-3-4-8(12)9(13)5-7/h3-5H,6H2,1-2H3. The smallest absolute Gasteiger partial charge is 0.325 e. The number of ether oxygens (including phenoxy) is 1. The van der Waals surface area contributed by atoms with Gasteiger partial charge in [-0.25, -0.2) is 4.39 Å². The molecule has 92 valence electrons. The van der Waals surface area contributed by atoms with Gasteiger partial charge in [-0.1, -0.05) is 0 Å². The molecule has 0 aliphatic rings. The van der Waals surface area contributed by atoms with E-state index in [1.807, 2.05) is 0 Å². The first-order valence-electron chi connectivity index (χ1n) is 4.73. The third-order valence-corrected chi connectivity index (χ3v) is 2.75. The molecule has 0 heterocycles. The molecular weight excluding hydrogens is 293 g/mol. The van der Waals surface area contributed by atoms with Crippen molar-refractivity contribution in [1.82, 2.24) is 4.90 Å². The maximum atomic E-state index is 13.2. The van der Waals surface area contributed by atoms with Crippen molar-refractivity contribution in [3.8, 4) is 0 Å². The Balaban J connectivity index is 2.81. The van der Waals surface area contributed by atoms with Gasteiger partial charge in [0.1, 0.15) is 12.4 Å². The predicted octanol–water partition coefficient (Wildman–Crippen LogP) is 1.83. The van der Waals surface area contributed by atoms with Gasteiger partial charge in [0.05, 0.1) is 11.6 Å². The SMILES string of the molecule is COC(=O)CN(C)C(=O)c1ccc(Br)c(F)c1. The zero-order valence-corrected chi connectivity index (χ0v) is 11.0. The Labute approximate surface area is 106 Å². The van der Waals surface area contributed by atoms with Gasteiger partial charge in [0.25, 0.3) is 5.91 Å². The number of halogens is 2. The van der Waals surface area contributed by atoms with Gasteiger partial charge in [-0.2, -0.15) is 0 Å². The molecule has 0 aromatic heterocycles. The Morgan fingerprint density at radius 2 is 2.12 bits per heavy atom. The van der Waals surface area contributed by atoms with Crippen LogP contribution < -0.4 is 0 Å². The summed E-state index contributed by atoms with van der Waals surface area (Å²) >= 11 is 2.99. The van der Waals surface area contributed by atoms with Crippen LogP contribution in [0.4, 0.5) is 4.39 Å². The summed E-state index contributed by atoms with van der Waals surface area (Å²) in [5, 5.41) is 0. The Morgan fingerprint density at radius 1 is 1.47 bits per heavy atom. The van der Waals surface area contributed by atoms with Crippen LogP contribution in [0.2, 0.25) is 0 Å². The lowest BCUT2D eigenvalue weighted by Gasteiger charge is -2.15. The van der Waals surface area contributed by atoms with Crippen molar-refractivity contribution in [3.63, 3.8) is 0 Å². The Hall–Kier alpha value is -1.43. The molecule has 17 heavy (non-hydrogen) atoms. The quantitative estimate of drug-likeness (QED) is 0.801. The van der Waals surface area contributed by atoms with Gasteiger partial charge in [0.15, 0.2) is 0 Å². The molecule has 0 radical (unpaired) electrons. The molecule has 0 unspecified atom stereocenters. The molecule has 0 atom stereocenters. The maximum Gasteiger partial charge on any atom is 0.325 e. The van der Waals surface area contributed by atoms with E-state index >= 15 is 0 Å². The number of carbonyl (C=O) groups excluding carboxylic acids is 2. The lowest BCUT2D eigenvalue weighted by atomic mass is 10.2. The Morgan fingerprint density at radius 3 is 2.65 bits per heavy atom. The summed E-state index contributed by atoms with van der Waals surface area (Å²) < 4.78 is 17.9. The normalized spacial score (nSPS) is 9.88. The molecule has 1 aromatic carbocycles. The molecule has 0 aliphatic heterocycles. The highest BCUT2D eigenvalue weighted by atomic mass is 79.9. The highest BCUT2D eigenvalue weighted by Gasteiger charge is 2.16. The topological polar surface area (TPSA) is 46.6 Å². The minimum atomic E-state index is -0.529. The van der Waals surface area contributed by atoms with E-state index in [1.165, 1.54) is 26.3 Å². The third-order valence-electron chi connectivity index (χ3n) is 2.11. The number of likely N-dealkylation sites (N-methyl/N-ethyl adjacent to an activating group) is 1. The largest absolute Gasteiger partial charge is 0.468 e. The van der Waals surface area contributed by atoms with E-state index < -0.39 is 17.7 Å². The van der Waals surface area contributed by atoms with Gasteiger partial charge < -0.3 is 9.64 Å². The monoisotopic (exact) mass is 303 g/mol. The molecule has 1 rings (SSSR count). The highest BCUT2D eigenvalue weighted by Crippen LogP contribution is 2.17. The number of methoxy groups -OCH3 is 1. The van der Waals surface area contributed by atoms with Crippen LogP contribution >= 0.6 is 15.9 Å². The Kier molecular flexibility index (Phi) is 4.62. The van der Waals surface area contributed by atoms with E-state index in [1.54, 1.807) is 0 Å². The average molecular weight is 304 g/mol. The number of benzene rings is 1. The molecule has 0 bridgehead atoms. The first kappa shape index (κ1) is 13.6. The number of esters is 1. The van der Waals surface area contributed by atoms with Crippen molar-refractivity contribution in [3.05, 3.63) is 34.1 Å². The number of hydrogen-bond donors (Lipinski definition) is 0. The third kappa shape index (κ3) is 3.52. The molecule has 0 saturated heterocycles. The van der Waals surface area contributed by atoms with Crippen LogP contribution in [0, 0.1) is 5.82 Å². The summed E-state index contributed by atoms with van der Waals surface area (Å²) in [7, 11) is 2.68. The number of nitrogens with zero attached hydrogens (tertiary/aromatic N) is 1. The molecule has 0 spiro atoms. The molecular formula is C11H11BrFNO3. The Bertz CT molecular complexity index is 450. The zero-order valence-electron chi connectivity index (χ0n) is 9.37. The van der Waals surface area contributed by atoms with Gasteiger partial charge in [-0.05, 0) is 34.1 Å². The van der Waals surface area contributed by atoms with Crippen molar-refractivity contribution in [2.75, 3.05) is 20.7 Å². The molecule has 6 heteroatoms. The lowest BCUT2D eigenvalue weighted by Crippen LogP contribution is -2.32. The molecule has 1 amide bonds. The second-order valence-electron chi connectivity index (χ2n) is 3.37. The minimum absolute atomic E-state index is 0.174. The molecule has 0 saturated carbocycles. The first-order valence-corrected chi connectivity index (χ1v) is 5.52. The maximum absolute atomic E-state index is 13.2. The fraction of sp³-hybridized carbons (Fsp3) is 0.273. The van der Waals surface area contributed by atoms with Crippen LogP contribution in [0.15, 0.2) is 22.7 Å². The van der Waals surface area contributed by atoms with Crippen LogP contribution in [-0.4, -0.2) is 37.5 Å². The lowest BCUT2D eigenvalue weighted by molar-refractivity contribution is -0.141. The van der Waals surface area contributed by atoms with Crippen LogP contribution in [-0.2, 0) is 9.53 Å². The molecule has 0 fully saturated rings. The molecule has 4 nitrogen and oxygen atoms in total. The van der Waals surface area contributed by atoms with E-state index in [-0.39, 0.29) is 16.6 Å². The molecule has 1 aromatic rings. The van der Waals surface area contributed by atoms with Gasteiger partial charge in [0, 0.05) is 12.6 Å². The van der Waals surface area contributed by atoms with Crippen LogP contribution in [0.5, 0.6) is 0 Å². The van der Waals surface area contributed by atoms with Crippen molar-refractivity contribution < 1.29 is 18.7 Å². The summed E-state index contributed by atoms with van der Waals surface area (Å²) in [4.78, 5) is 23.9. The highest BCUT2D eigenvalue weighted by molar-refractivity contribution is 9.10. The van der Waals surface area contributed by atoms with Gasteiger partial charge in [-0.15, -0.1) is 0 Å². The van der Waals surface area contributed by atoms with Gasteiger partial charge in [0.2, 0.25) is 0 Å². The molecule has 0 aliphatic carbocycles. The van der Waals surface area contributed by atoms with Crippen molar-refractivity contribution in [2.24, 2.45) is 0 Å². The van der Waals surface area contributed by atoms with Gasteiger partial charge >= 0.3 is 5.97 Å². The number of carbonyl (C=O) groups is 2. The van der Waals surface area contributed by atoms with E-state index in [4.69, 9.17) is 0 Å². The summed E-state index contributed by atoms with van der Waals surface area (Å²) in [6.45, 7) is -0.174. The van der Waals surface area contributed by atoms with E-state index in [2.05, 4.69) is 20.7 Å². The number of hydrogen-bond acceptors (Lipinski definition) is 3. The van der Waals surface area contributed by atoms with Crippen LogP contribution in [0.3, 0.4) is 0 Å². The number of amides is 1. The van der Waals surface area contributed by atoms with Crippen molar-refractivity contribution in [1.29, 1.82) is 0 Å². The van der Waals surface area contributed by atoms with E-state index in [0.29, 0.717) is 0 Å². The average Bonchev–Trinajstić information content (AvgIpc) is 2.31. The van der Waals surface area contributed by atoms with Crippen molar-refractivity contribution in [2.45, 2.75) is 0 Å². The second-order valence-corrected chi connectivity index (χ2v) is 4.22. The van der Waals surface area contributed by atoms with Gasteiger partial charge in [-0.3, -0.25) is 9.59 Å². The second kappa shape index (κ2) is 5.77. The molecule has 0 N–H and O–H groups in total. The van der Waals surface area contributed by atoms with Crippen LogP contribution in [0.1, 0.15) is 10.4 Å². The first-order chi connectivity index (χ1) is 7.95. The van der Waals surface area contributed by atoms with Crippen molar-refractivity contribution >= 4 is 27.8 Å². The summed E-state index contributed by atoms with van der Waals surface area (Å²) in [5.74, 6) is -1.50. The summed E-state index contributed by atoms with van der Waals surface area (Å²) in [6, 6.07) is 4.03. The summed E-state index contributed by atoms with van der Waals surface area (Å²) in [5.41, 5.74) is 0.178.